The van der Waals surface area contributed by atoms with Crippen LogP contribution < -0.4 is 5.73 Å². The molecule has 0 bridgehead atoms. The Hall–Kier alpha value is -0.900. The van der Waals surface area contributed by atoms with E-state index in [1.807, 2.05) is 18.2 Å². The van der Waals surface area contributed by atoms with Crippen LogP contribution in [-0.4, -0.2) is 25.4 Å². The van der Waals surface area contributed by atoms with E-state index in [1.165, 1.54) is 5.56 Å². The molecule has 2 unspecified atom stereocenters. The molecule has 3 heteroatoms. The average molecular weight is 221 g/mol. The van der Waals surface area contributed by atoms with Crippen molar-refractivity contribution in [3.05, 3.63) is 35.9 Å². The van der Waals surface area contributed by atoms with Crippen molar-refractivity contribution in [2.75, 3.05) is 13.2 Å². The highest BCUT2D eigenvalue weighted by molar-refractivity contribution is 5.13. The monoisotopic (exact) mass is 221 g/mol. The van der Waals surface area contributed by atoms with Crippen LogP contribution in [-0.2, 0) is 16.1 Å². The molecule has 0 amide bonds. The second-order valence-corrected chi connectivity index (χ2v) is 4.19. The fourth-order valence-electron chi connectivity index (χ4n) is 1.96. The van der Waals surface area contributed by atoms with Gasteiger partial charge in [0.05, 0.1) is 25.4 Å². The molecule has 2 rings (SSSR count). The van der Waals surface area contributed by atoms with E-state index in [0.717, 1.165) is 12.8 Å². The number of hydrogen-bond donors (Lipinski definition) is 1. The molecule has 2 N–H and O–H groups in total. The number of benzene rings is 1. The van der Waals surface area contributed by atoms with Gasteiger partial charge >= 0.3 is 0 Å². The van der Waals surface area contributed by atoms with Crippen molar-refractivity contribution in [1.29, 1.82) is 0 Å². The van der Waals surface area contributed by atoms with E-state index in [9.17, 15) is 0 Å². The molecule has 0 saturated carbocycles. The van der Waals surface area contributed by atoms with E-state index < -0.39 is 0 Å². The van der Waals surface area contributed by atoms with Gasteiger partial charge in [-0.05, 0) is 18.4 Å². The van der Waals surface area contributed by atoms with Gasteiger partial charge in [0.2, 0.25) is 0 Å². The van der Waals surface area contributed by atoms with Crippen LogP contribution in [0.4, 0.5) is 0 Å². The summed E-state index contributed by atoms with van der Waals surface area (Å²) in [6, 6.07) is 10.2. The third-order valence-electron chi connectivity index (χ3n) is 2.87. The van der Waals surface area contributed by atoms with Crippen LogP contribution in [0, 0.1) is 0 Å². The number of rotatable bonds is 5. The maximum absolute atomic E-state index is 5.70. The Morgan fingerprint density at radius 1 is 1.19 bits per heavy atom. The predicted octanol–water partition coefficient (Wildman–Crippen LogP) is 1.71. The largest absolute Gasteiger partial charge is 0.374 e. The Labute approximate surface area is 96.5 Å². The molecule has 1 aromatic rings. The molecular weight excluding hydrogens is 202 g/mol. The average Bonchev–Trinajstić information content (AvgIpc) is 2.78. The molecule has 1 heterocycles. The summed E-state index contributed by atoms with van der Waals surface area (Å²) in [4.78, 5) is 0. The highest BCUT2D eigenvalue weighted by Crippen LogP contribution is 2.19. The standard InChI is InChI=1S/C13H19NO2/c14-8-12-6-7-13(16-12)10-15-9-11-4-2-1-3-5-11/h1-5,12-13H,6-10,14H2. The van der Waals surface area contributed by atoms with Crippen LogP contribution in [0.15, 0.2) is 30.3 Å². The Bertz CT molecular complexity index is 302. The van der Waals surface area contributed by atoms with Crippen molar-refractivity contribution in [3.63, 3.8) is 0 Å². The highest BCUT2D eigenvalue weighted by Gasteiger charge is 2.23. The summed E-state index contributed by atoms with van der Waals surface area (Å²) in [5.41, 5.74) is 6.75. The van der Waals surface area contributed by atoms with Crippen LogP contribution >= 0.6 is 0 Å². The number of ether oxygens (including phenoxy) is 2. The first-order valence-electron chi connectivity index (χ1n) is 5.85. The minimum atomic E-state index is 0.234. The molecule has 2 atom stereocenters. The van der Waals surface area contributed by atoms with Gasteiger partial charge in [-0.15, -0.1) is 0 Å². The second-order valence-electron chi connectivity index (χ2n) is 4.19. The number of nitrogens with two attached hydrogens (primary N) is 1. The molecule has 0 spiro atoms. The normalized spacial score (nSPS) is 24.8. The van der Waals surface area contributed by atoms with Gasteiger partial charge in [0.25, 0.3) is 0 Å². The highest BCUT2D eigenvalue weighted by atomic mass is 16.5. The molecule has 16 heavy (non-hydrogen) atoms. The third kappa shape index (κ3) is 3.30. The van der Waals surface area contributed by atoms with Gasteiger partial charge in [0.15, 0.2) is 0 Å². The van der Waals surface area contributed by atoms with E-state index in [2.05, 4.69) is 12.1 Å². The van der Waals surface area contributed by atoms with E-state index >= 15 is 0 Å². The van der Waals surface area contributed by atoms with E-state index in [1.54, 1.807) is 0 Å². The summed E-state index contributed by atoms with van der Waals surface area (Å²) < 4.78 is 11.3. The summed E-state index contributed by atoms with van der Waals surface area (Å²) >= 11 is 0. The van der Waals surface area contributed by atoms with Crippen molar-refractivity contribution < 1.29 is 9.47 Å². The van der Waals surface area contributed by atoms with E-state index in [4.69, 9.17) is 15.2 Å². The molecule has 1 aliphatic heterocycles. The SMILES string of the molecule is NCC1CCC(COCc2ccccc2)O1. The van der Waals surface area contributed by atoms with Crippen LogP contribution in [0.5, 0.6) is 0 Å². The molecule has 0 radical (unpaired) electrons. The van der Waals surface area contributed by atoms with Crippen molar-refractivity contribution in [3.8, 4) is 0 Å². The third-order valence-corrected chi connectivity index (χ3v) is 2.87. The molecule has 0 aromatic heterocycles. The molecule has 1 aliphatic rings. The quantitative estimate of drug-likeness (QED) is 0.823. The van der Waals surface area contributed by atoms with Gasteiger partial charge < -0.3 is 15.2 Å². The lowest BCUT2D eigenvalue weighted by Crippen LogP contribution is -2.22. The van der Waals surface area contributed by atoms with Gasteiger partial charge in [0, 0.05) is 6.54 Å². The molecule has 1 saturated heterocycles. The molecule has 1 fully saturated rings. The fraction of sp³-hybridized carbons (Fsp3) is 0.538. The Balaban J connectivity index is 1.65. The summed E-state index contributed by atoms with van der Waals surface area (Å²) in [5, 5.41) is 0. The zero-order chi connectivity index (χ0) is 11.2. The Morgan fingerprint density at radius 3 is 2.62 bits per heavy atom. The van der Waals surface area contributed by atoms with Gasteiger partial charge in [-0.2, -0.15) is 0 Å². The minimum absolute atomic E-state index is 0.234. The minimum Gasteiger partial charge on any atom is -0.374 e. The lowest BCUT2D eigenvalue weighted by molar-refractivity contribution is -0.0168. The van der Waals surface area contributed by atoms with Crippen molar-refractivity contribution in [2.24, 2.45) is 5.73 Å². The van der Waals surface area contributed by atoms with E-state index in [0.29, 0.717) is 19.8 Å². The molecular formula is C13H19NO2. The summed E-state index contributed by atoms with van der Waals surface area (Å²) in [6.07, 6.45) is 2.61. The molecule has 0 aliphatic carbocycles. The summed E-state index contributed by atoms with van der Waals surface area (Å²) in [5.74, 6) is 0. The smallest absolute Gasteiger partial charge is 0.0814 e. The Morgan fingerprint density at radius 2 is 1.94 bits per heavy atom. The maximum Gasteiger partial charge on any atom is 0.0814 e. The van der Waals surface area contributed by atoms with Crippen LogP contribution in [0.25, 0.3) is 0 Å². The lowest BCUT2D eigenvalue weighted by atomic mass is 10.2. The maximum atomic E-state index is 5.70. The fourth-order valence-corrected chi connectivity index (χ4v) is 1.96. The van der Waals surface area contributed by atoms with Crippen molar-refractivity contribution in [2.45, 2.75) is 31.7 Å². The van der Waals surface area contributed by atoms with Gasteiger partial charge in [-0.3, -0.25) is 0 Å². The number of hydrogen-bond acceptors (Lipinski definition) is 3. The van der Waals surface area contributed by atoms with Gasteiger partial charge in [0.1, 0.15) is 0 Å². The van der Waals surface area contributed by atoms with Crippen LogP contribution in [0.3, 0.4) is 0 Å². The lowest BCUT2D eigenvalue weighted by Gasteiger charge is -2.12. The van der Waals surface area contributed by atoms with Crippen molar-refractivity contribution >= 4 is 0 Å². The summed E-state index contributed by atoms with van der Waals surface area (Å²) in [6.45, 7) is 1.95. The summed E-state index contributed by atoms with van der Waals surface area (Å²) in [7, 11) is 0. The first-order chi connectivity index (χ1) is 7.88. The predicted molar refractivity (Wildman–Crippen MR) is 63.0 cm³/mol. The first-order valence-corrected chi connectivity index (χ1v) is 5.85. The molecule has 3 nitrogen and oxygen atoms in total. The molecule has 88 valence electrons. The van der Waals surface area contributed by atoms with E-state index in [-0.39, 0.29) is 12.2 Å². The first kappa shape index (κ1) is 11.6. The topological polar surface area (TPSA) is 44.5 Å². The zero-order valence-corrected chi connectivity index (χ0v) is 9.47. The Kier molecular flexibility index (Phi) is 4.34. The van der Waals surface area contributed by atoms with Gasteiger partial charge in [-0.25, -0.2) is 0 Å². The zero-order valence-electron chi connectivity index (χ0n) is 9.47. The second kappa shape index (κ2) is 5.99. The molecule has 1 aromatic carbocycles. The van der Waals surface area contributed by atoms with Gasteiger partial charge in [-0.1, -0.05) is 30.3 Å². The van der Waals surface area contributed by atoms with Crippen LogP contribution in [0.1, 0.15) is 18.4 Å². The van der Waals surface area contributed by atoms with Crippen LogP contribution in [0.2, 0.25) is 0 Å². The van der Waals surface area contributed by atoms with Crippen molar-refractivity contribution in [1.82, 2.24) is 0 Å².